The highest BCUT2D eigenvalue weighted by molar-refractivity contribution is 4.85. The summed E-state index contributed by atoms with van der Waals surface area (Å²) < 4.78 is 5.95. The van der Waals surface area contributed by atoms with E-state index in [-0.39, 0.29) is 0 Å². The van der Waals surface area contributed by atoms with Crippen LogP contribution in [0.1, 0.15) is 84.5 Å². The van der Waals surface area contributed by atoms with Crippen molar-refractivity contribution < 1.29 is 4.74 Å². The fourth-order valence-corrected chi connectivity index (χ4v) is 4.58. The van der Waals surface area contributed by atoms with Crippen molar-refractivity contribution in [1.82, 2.24) is 0 Å². The SMILES string of the molecule is C/C=C/COC1CCC(C2CCC(CC/C=C/CC)CC2)CC1. The highest BCUT2D eigenvalue weighted by atomic mass is 16.5. The highest BCUT2D eigenvalue weighted by Crippen LogP contribution is 2.41. The fourth-order valence-electron chi connectivity index (χ4n) is 4.58. The Morgan fingerprint density at radius 2 is 1.48 bits per heavy atom. The van der Waals surface area contributed by atoms with Crippen molar-refractivity contribution in [1.29, 1.82) is 0 Å². The maximum absolute atomic E-state index is 5.95. The molecule has 2 saturated carbocycles. The normalized spacial score (nSPS) is 32.8. The van der Waals surface area contributed by atoms with Crippen LogP contribution in [0.2, 0.25) is 0 Å². The van der Waals surface area contributed by atoms with Crippen LogP contribution in [0.3, 0.4) is 0 Å². The summed E-state index contributed by atoms with van der Waals surface area (Å²) in [6.45, 7) is 5.10. The van der Waals surface area contributed by atoms with Crippen LogP contribution in [0.4, 0.5) is 0 Å². The Kier molecular flexibility index (Phi) is 9.04. The Hall–Kier alpha value is -0.560. The van der Waals surface area contributed by atoms with Crippen molar-refractivity contribution in [3.8, 4) is 0 Å². The molecule has 0 bridgehead atoms. The molecular weight excluding hydrogens is 280 g/mol. The minimum atomic E-state index is 0.532. The number of rotatable bonds is 8. The van der Waals surface area contributed by atoms with E-state index in [4.69, 9.17) is 4.74 Å². The van der Waals surface area contributed by atoms with Crippen molar-refractivity contribution in [2.75, 3.05) is 6.61 Å². The molecule has 0 aliphatic heterocycles. The van der Waals surface area contributed by atoms with E-state index in [0.717, 1.165) is 24.4 Å². The second kappa shape index (κ2) is 11.1. The summed E-state index contributed by atoms with van der Waals surface area (Å²) >= 11 is 0. The quantitative estimate of drug-likeness (QED) is 0.453. The van der Waals surface area contributed by atoms with Gasteiger partial charge in [-0.25, -0.2) is 0 Å². The summed E-state index contributed by atoms with van der Waals surface area (Å²) in [6.07, 6.45) is 24.8. The Morgan fingerprint density at radius 1 is 0.826 bits per heavy atom. The molecule has 2 aliphatic carbocycles. The maximum Gasteiger partial charge on any atom is 0.0651 e. The van der Waals surface area contributed by atoms with Crippen LogP contribution in [0.25, 0.3) is 0 Å². The Labute approximate surface area is 144 Å². The lowest BCUT2D eigenvalue weighted by atomic mass is 9.70. The van der Waals surface area contributed by atoms with Crippen molar-refractivity contribution >= 4 is 0 Å². The molecular formula is C22H38O. The van der Waals surface area contributed by atoms with E-state index in [1.165, 1.54) is 70.6 Å². The molecule has 2 fully saturated rings. The topological polar surface area (TPSA) is 9.23 Å². The van der Waals surface area contributed by atoms with Gasteiger partial charge in [-0.1, -0.05) is 44.1 Å². The molecule has 0 amide bonds. The number of hydrogen-bond donors (Lipinski definition) is 0. The van der Waals surface area contributed by atoms with Crippen LogP contribution >= 0.6 is 0 Å². The van der Waals surface area contributed by atoms with E-state index >= 15 is 0 Å². The van der Waals surface area contributed by atoms with Crippen molar-refractivity contribution in [3.05, 3.63) is 24.3 Å². The summed E-state index contributed by atoms with van der Waals surface area (Å²) in [4.78, 5) is 0. The number of ether oxygens (including phenoxy) is 1. The Bertz CT molecular complexity index is 341. The van der Waals surface area contributed by atoms with Crippen molar-refractivity contribution in [2.45, 2.75) is 90.6 Å². The van der Waals surface area contributed by atoms with Crippen LogP contribution in [0.15, 0.2) is 24.3 Å². The van der Waals surface area contributed by atoms with Crippen LogP contribution in [0.5, 0.6) is 0 Å². The summed E-state index contributed by atoms with van der Waals surface area (Å²) in [7, 11) is 0. The Balaban J connectivity index is 1.60. The fraction of sp³-hybridized carbons (Fsp3) is 0.818. The summed E-state index contributed by atoms with van der Waals surface area (Å²) in [5.41, 5.74) is 0. The van der Waals surface area contributed by atoms with E-state index in [2.05, 4.69) is 38.2 Å². The first kappa shape index (κ1) is 18.8. The minimum Gasteiger partial charge on any atom is -0.374 e. The standard InChI is InChI=1S/C22H38O/c1-3-5-7-8-9-19-10-12-20(13-11-19)21-14-16-22(17-15-21)23-18-6-4-2/h4-7,19-22H,3,8-18H2,1-2H3/b6-4+,7-5+. The van der Waals surface area contributed by atoms with Crippen LogP contribution in [-0.4, -0.2) is 12.7 Å². The van der Waals surface area contributed by atoms with Crippen LogP contribution in [0, 0.1) is 17.8 Å². The smallest absolute Gasteiger partial charge is 0.0651 e. The molecule has 0 aromatic heterocycles. The van der Waals surface area contributed by atoms with E-state index in [9.17, 15) is 0 Å². The van der Waals surface area contributed by atoms with Crippen LogP contribution in [-0.2, 0) is 4.74 Å². The highest BCUT2D eigenvalue weighted by Gasteiger charge is 2.30. The van der Waals surface area contributed by atoms with Gasteiger partial charge in [0.1, 0.15) is 0 Å². The van der Waals surface area contributed by atoms with Gasteiger partial charge in [0.25, 0.3) is 0 Å². The summed E-state index contributed by atoms with van der Waals surface area (Å²) in [5.74, 6) is 3.03. The molecule has 0 radical (unpaired) electrons. The molecule has 0 saturated heterocycles. The van der Waals surface area contributed by atoms with Gasteiger partial charge < -0.3 is 4.74 Å². The molecule has 0 atom stereocenters. The van der Waals surface area contributed by atoms with Crippen LogP contribution < -0.4 is 0 Å². The van der Waals surface area contributed by atoms with E-state index in [0.29, 0.717) is 6.10 Å². The lowest BCUT2D eigenvalue weighted by Crippen LogP contribution is -2.28. The zero-order valence-corrected chi connectivity index (χ0v) is 15.5. The molecule has 2 rings (SSSR count). The van der Waals surface area contributed by atoms with Gasteiger partial charge in [-0.3, -0.25) is 0 Å². The lowest BCUT2D eigenvalue weighted by Gasteiger charge is -2.37. The average Bonchev–Trinajstić information content (AvgIpc) is 2.60. The number of hydrogen-bond acceptors (Lipinski definition) is 1. The molecule has 0 aromatic rings. The molecule has 1 nitrogen and oxygen atoms in total. The molecule has 132 valence electrons. The van der Waals surface area contributed by atoms with E-state index < -0.39 is 0 Å². The largest absolute Gasteiger partial charge is 0.374 e. The number of allylic oxidation sites excluding steroid dienone is 3. The van der Waals surface area contributed by atoms with Gasteiger partial charge >= 0.3 is 0 Å². The summed E-state index contributed by atoms with van der Waals surface area (Å²) in [5, 5.41) is 0. The maximum atomic E-state index is 5.95. The van der Waals surface area contributed by atoms with Gasteiger partial charge in [0.05, 0.1) is 12.7 Å². The van der Waals surface area contributed by atoms with Gasteiger partial charge in [-0.2, -0.15) is 0 Å². The van der Waals surface area contributed by atoms with Gasteiger partial charge in [0.15, 0.2) is 0 Å². The van der Waals surface area contributed by atoms with Crippen molar-refractivity contribution in [2.24, 2.45) is 17.8 Å². The Morgan fingerprint density at radius 3 is 2.09 bits per heavy atom. The zero-order valence-electron chi connectivity index (χ0n) is 15.5. The molecule has 23 heavy (non-hydrogen) atoms. The van der Waals surface area contributed by atoms with Gasteiger partial charge in [0, 0.05) is 0 Å². The van der Waals surface area contributed by atoms with Crippen molar-refractivity contribution in [3.63, 3.8) is 0 Å². The van der Waals surface area contributed by atoms with E-state index in [1.807, 2.05) is 0 Å². The van der Waals surface area contributed by atoms with Gasteiger partial charge in [-0.15, -0.1) is 0 Å². The predicted octanol–water partition coefficient (Wildman–Crippen LogP) is 6.69. The molecule has 0 N–H and O–H groups in total. The monoisotopic (exact) mass is 318 g/mol. The third kappa shape index (κ3) is 6.83. The average molecular weight is 319 g/mol. The second-order valence-electron chi connectivity index (χ2n) is 7.68. The first-order valence-electron chi connectivity index (χ1n) is 10.2. The lowest BCUT2D eigenvalue weighted by molar-refractivity contribution is 0.0210. The predicted molar refractivity (Wildman–Crippen MR) is 101 cm³/mol. The molecule has 0 heterocycles. The first-order valence-corrected chi connectivity index (χ1v) is 10.2. The summed E-state index contributed by atoms with van der Waals surface area (Å²) in [6, 6.07) is 0. The minimum absolute atomic E-state index is 0.532. The van der Waals surface area contributed by atoms with E-state index in [1.54, 1.807) is 0 Å². The zero-order chi connectivity index (χ0) is 16.3. The first-order chi connectivity index (χ1) is 11.3. The third-order valence-corrected chi connectivity index (χ3v) is 6.08. The van der Waals surface area contributed by atoms with Gasteiger partial charge in [0.2, 0.25) is 0 Å². The molecule has 2 aliphatic rings. The molecule has 0 aromatic carbocycles. The molecule has 0 spiro atoms. The molecule has 1 heteroatoms. The molecule has 0 unspecified atom stereocenters. The third-order valence-electron chi connectivity index (χ3n) is 6.08. The second-order valence-corrected chi connectivity index (χ2v) is 7.68. The van der Waals surface area contributed by atoms with Gasteiger partial charge in [-0.05, 0) is 82.5 Å².